The number of hydrogen-bond donors (Lipinski definition) is 2. The van der Waals surface area contributed by atoms with Crippen molar-refractivity contribution >= 4 is 29.2 Å². The van der Waals surface area contributed by atoms with E-state index in [4.69, 9.17) is 9.47 Å². The van der Waals surface area contributed by atoms with Gasteiger partial charge in [0.1, 0.15) is 5.75 Å². The molecular formula is C20H20N2O5. The van der Waals surface area contributed by atoms with Gasteiger partial charge in [-0.15, -0.1) is 0 Å². The highest BCUT2D eigenvalue weighted by atomic mass is 16.5. The molecule has 1 aliphatic rings. The number of carbonyl (C=O) groups is 3. The van der Waals surface area contributed by atoms with E-state index < -0.39 is 18.0 Å². The Hall–Kier alpha value is -3.35. The summed E-state index contributed by atoms with van der Waals surface area (Å²) < 4.78 is 10.4. The predicted octanol–water partition coefficient (Wildman–Crippen LogP) is 2.76. The zero-order chi connectivity index (χ0) is 19.4. The molecule has 1 atom stereocenters. The number of fused-ring (bicyclic) bond motifs is 1. The lowest BCUT2D eigenvalue weighted by Gasteiger charge is -2.18. The van der Waals surface area contributed by atoms with Crippen LogP contribution in [0.5, 0.6) is 5.75 Å². The van der Waals surface area contributed by atoms with Gasteiger partial charge in [-0.2, -0.15) is 0 Å². The van der Waals surface area contributed by atoms with E-state index in [1.165, 1.54) is 14.0 Å². The maximum Gasteiger partial charge on any atom is 0.338 e. The van der Waals surface area contributed by atoms with Crippen molar-refractivity contribution in [2.75, 3.05) is 17.7 Å². The molecule has 1 heterocycles. The van der Waals surface area contributed by atoms with Crippen LogP contribution in [0.4, 0.5) is 11.4 Å². The summed E-state index contributed by atoms with van der Waals surface area (Å²) in [7, 11) is 1.54. The van der Waals surface area contributed by atoms with Gasteiger partial charge in [0.15, 0.2) is 6.10 Å². The summed E-state index contributed by atoms with van der Waals surface area (Å²) in [6.07, 6.45) is -0.0293. The van der Waals surface area contributed by atoms with Crippen LogP contribution in [-0.4, -0.2) is 31.0 Å². The van der Waals surface area contributed by atoms with Gasteiger partial charge in [0.25, 0.3) is 5.91 Å². The first-order valence-corrected chi connectivity index (χ1v) is 8.55. The van der Waals surface area contributed by atoms with Crippen LogP contribution in [0.3, 0.4) is 0 Å². The van der Waals surface area contributed by atoms with Gasteiger partial charge in [-0.25, -0.2) is 4.79 Å². The first kappa shape index (κ1) is 18.4. The van der Waals surface area contributed by atoms with Crippen LogP contribution in [0.1, 0.15) is 29.3 Å². The molecule has 0 bridgehead atoms. The summed E-state index contributed by atoms with van der Waals surface area (Å²) in [6, 6.07) is 11.8. The van der Waals surface area contributed by atoms with Crippen molar-refractivity contribution in [1.29, 1.82) is 0 Å². The monoisotopic (exact) mass is 368 g/mol. The Kier molecular flexibility index (Phi) is 5.40. The Bertz CT molecular complexity index is 894. The van der Waals surface area contributed by atoms with Gasteiger partial charge < -0.3 is 20.1 Å². The van der Waals surface area contributed by atoms with E-state index >= 15 is 0 Å². The smallest absolute Gasteiger partial charge is 0.338 e. The van der Waals surface area contributed by atoms with Gasteiger partial charge in [0.05, 0.1) is 12.7 Å². The molecule has 0 aromatic heterocycles. The molecule has 7 heteroatoms. The molecule has 0 aliphatic carbocycles. The van der Waals surface area contributed by atoms with Crippen LogP contribution < -0.4 is 15.4 Å². The highest BCUT2D eigenvalue weighted by Crippen LogP contribution is 2.24. The third kappa shape index (κ3) is 4.44. The maximum absolute atomic E-state index is 12.4. The largest absolute Gasteiger partial charge is 0.497 e. The van der Waals surface area contributed by atoms with E-state index in [0.717, 1.165) is 5.56 Å². The third-order valence-electron chi connectivity index (χ3n) is 4.23. The minimum Gasteiger partial charge on any atom is -0.497 e. The Morgan fingerprint density at radius 1 is 1.15 bits per heavy atom. The number of amides is 2. The number of rotatable bonds is 5. The van der Waals surface area contributed by atoms with Gasteiger partial charge >= 0.3 is 5.97 Å². The average Bonchev–Trinajstić information content (AvgIpc) is 2.67. The van der Waals surface area contributed by atoms with Gasteiger partial charge in [-0.3, -0.25) is 9.59 Å². The lowest BCUT2D eigenvalue weighted by Crippen LogP contribution is -2.30. The molecule has 0 fully saturated rings. The Balaban J connectivity index is 1.63. The van der Waals surface area contributed by atoms with E-state index in [-0.39, 0.29) is 5.91 Å². The summed E-state index contributed by atoms with van der Waals surface area (Å²) in [5.74, 6) is -0.468. The lowest BCUT2D eigenvalue weighted by molar-refractivity contribution is -0.123. The molecule has 3 rings (SSSR count). The molecule has 0 saturated carbocycles. The van der Waals surface area contributed by atoms with Crippen molar-refractivity contribution in [3.63, 3.8) is 0 Å². The second-order valence-corrected chi connectivity index (χ2v) is 6.19. The first-order valence-electron chi connectivity index (χ1n) is 8.55. The predicted molar refractivity (Wildman–Crippen MR) is 99.9 cm³/mol. The molecule has 0 radical (unpaired) electrons. The highest BCUT2D eigenvalue weighted by molar-refractivity contribution is 5.98. The molecule has 1 aliphatic heterocycles. The number of anilines is 2. The van der Waals surface area contributed by atoms with E-state index in [1.54, 1.807) is 42.5 Å². The fourth-order valence-corrected chi connectivity index (χ4v) is 2.74. The lowest BCUT2D eigenvalue weighted by atomic mass is 10.0. The molecule has 2 N–H and O–H groups in total. The molecule has 0 saturated heterocycles. The van der Waals surface area contributed by atoms with Gasteiger partial charge in [0.2, 0.25) is 5.91 Å². The van der Waals surface area contributed by atoms with Gasteiger partial charge in [-0.05, 0) is 49.2 Å². The summed E-state index contributed by atoms with van der Waals surface area (Å²) in [5.41, 5.74) is 2.46. The summed E-state index contributed by atoms with van der Waals surface area (Å²) >= 11 is 0. The van der Waals surface area contributed by atoms with Crippen LogP contribution in [0, 0.1) is 0 Å². The molecule has 0 spiro atoms. The Labute approximate surface area is 156 Å². The second kappa shape index (κ2) is 7.90. The summed E-state index contributed by atoms with van der Waals surface area (Å²) in [4.78, 5) is 36.0. The number of methoxy groups -OCH3 is 1. The van der Waals surface area contributed by atoms with Crippen molar-refractivity contribution in [1.82, 2.24) is 0 Å². The van der Waals surface area contributed by atoms with E-state index in [9.17, 15) is 14.4 Å². The molecule has 2 aromatic rings. The summed E-state index contributed by atoms with van der Waals surface area (Å²) in [6.45, 7) is 1.51. The molecular weight excluding hydrogens is 348 g/mol. The van der Waals surface area contributed by atoms with Crippen molar-refractivity contribution < 1.29 is 23.9 Å². The maximum atomic E-state index is 12.4. The van der Waals surface area contributed by atoms with Crippen LogP contribution in [0.15, 0.2) is 42.5 Å². The summed E-state index contributed by atoms with van der Waals surface area (Å²) in [5, 5.41) is 5.44. The number of ether oxygens (including phenoxy) is 2. The van der Waals surface area contributed by atoms with Crippen LogP contribution in [0.2, 0.25) is 0 Å². The quantitative estimate of drug-likeness (QED) is 0.792. The van der Waals surface area contributed by atoms with E-state index in [2.05, 4.69) is 10.6 Å². The van der Waals surface area contributed by atoms with Gasteiger partial charge in [-0.1, -0.05) is 6.07 Å². The second-order valence-electron chi connectivity index (χ2n) is 6.19. The molecule has 7 nitrogen and oxygen atoms in total. The molecule has 2 aromatic carbocycles. The number of esters is 1. The standard InChI is InChI=1S/C20H20N2O5/c1-12(19(24)21-15-4-3-5-16(11-15)26-2)27-20(25)14-6-8-17-13(10-14)7-9-18(23)22-17/h3-6,8,10-12H,7,9H2,1-2H3,(H,21,24)(H,22,23)/t12-/m1/s1. The van der Waals surface area contributed by atoms with Gasteiger partial charge in [0, 0.05) is 23.9 Å². The number of carbonyl (C=O) groups excluding carboxylic acids is 3. The molecule has 2 amide bonds. The number of hydrogen-bond acceptors (Lipinski definition) is 5. The minimum absolute atomic E-state index is 0.0411. The fraction of sp³-hybridized carbons (Fsp3) is 0.250. The highest BCUT2D eigenvalue weighted by Gasteiger charge is 2.21. The van der Waals surface area contributed by atoms with Crippen molar-refractivity contribution in [3.05, 3.63) is 53.6 Å². The first-order chi connectivity index (χ1) is 13.0. The van der Waals surface area contributed by atoms with Crippen molar-refractivity contribution in [2.24, 2.45) is 0 Å². The van der Waals surface area contributed by atoms with Crippen LogP contribution in [-0.2, 0) is 20.7 Å². The zero-order valence-electron chi connectivity index (χ0n) is 15.1. The van der Waals surface area contributed by atoms with Crippen molar-refractivity contribution in [2.45, 2.75) is 25.9 Å². The third-order valence-corrected chi connectivity index (χ3v) is 4.23. The Morgan fingerprint density at radius 3 is 2.74 bits per heavy atom. The fourth-order valence-electron chi connectivity index (χ4n) is 2.74. The molecule has 27 heavy (non-hydrogen) atoms. The zero-order valence-corrected chi connectivity index (χ0v) is 15.1. The number of aryl methyl sites for hydroxylation is 1. The average molecular weight is 368 g/mol. The van der Waals surface area contributed by atoms with Crippen LogP contribution >= 0.6 is 0 Å². The minimum atomic E-state index is -0.973. The van der Waals surface area contributed by atoms with E-state index in [0.29, 0.717) is 35.5 Å². The molecule has 140 valence electrons. The SMILES string of the molecule is COc1cccc(NC(=O)[C@@H](C)OC(=O)c2ccc3c(c2)CCC(=O)N3)c1. The Morgan fingerprint density at radius 2 is 1.96 bits per heavy atom. The van der Waals surface area contributed by atoms with Crippen LogP contribution in [0.25, 0.3) is 0 Å². The van der Waals surface area contributed by atoms with E-state index in [1.807, 2.05) is 0 Å². The normalized spacial score (nSPS) is 13.8. The molecule has 0 unspecified atom stereocenters. The number of nitrogens with one attached hydrogen (secondary N) is 2. The number of benzene rings is 2. The topological polar surface area (TPSA) is 93.7 Å². The van der Waals surface area contributed by atoms with Crippen molar-refractivity contribution in [3.8, 4) is 5.75 Å².